The molecule has 3 rings (SSSR count). The lowest BCUT2D eigenvalue weighted by molar-refractivity contribution is -0.141. The summed E-state index contributed by atoms with van der Waals surface area (Å²) in [6.45, 7) is 1.52. The van der Waals surface area contributed by atoms with Crippen LogP contribution < -0.4 is 9.47 Å². The first-order valence-electron chi connectivity index (χ1n) is 8.29. The van der Waals surface area contributed by atoms with Gasteiger partial charge in [0.25, 0.3) is 5.91 Å². The van der Waals surface area contributed by atoms with E-state index in [1.54, 1.807) is 32.4 Å². The van der Waals surface area contributed by atoms with Crippen LogP contribution in [-0.4, -0.2) is 58.4 Å². The number of nitrogens with zero attached hydrogens (tertiary/aromatic N) is 2. The van der Waals surface area contributed by atoms with Crippen LogP contribution in [0.25, 0.3) is 11.3 Å². The van der Waals surface area contributed by atoms with E-state index in [1.165, 1.54) is 11.8 Å². The maximum atomic E-state index is 12.8. The van der Waals surface area contributed by atoms with Gasteiger partial charge in [-0.2, -0.15) is 5.10 Å². The second-order valence-electron chi connectivity index (χ2n) is 6.19. The average molecular weight is 359 g/mol. The van der Waals surface area contributed by atoms with Gasteiger partial charge in [0.2, 0.25) is 0 Å². The van der Waals surface area contributed by atoms with E-state index < -0.39 is 12.0 Å². The van der Waals surface area contributed by atoms with Gasteiger partial charge in [-0.3, -0.25) is 9.89 Å². The molecule has 0 bridgehead atoms. The monoisotopic (exact) mass is 359 g/mol. The lowest BCUT2D eigenvalue weighted by Crippen LogP contribution is -2.44. The highest BCUT2D eigenvalue weighted by Crippen LogP contribution is 2.33. The van der Waals surface area contributed by atoms with E-state index in [4.69, 9.17) is 9.47 Å². The molecule has 1 aliphatic rings. The summed E-state index contributed by atoms with van der Waals surface area (Å²) in [5.41, 5.74) is 1.57. The lowest BCUT2D eigenvalue weighted by Gasteiger charge is -2.25. The third-order valence-corrected chi connectivity index (χ3v) is 4.44. The summed E-state index contributed by atoms with van der Waals surface area (Å²) in [6, 6.07) is 6.04. The van der Waals surface area contributed by atoms with Crippen LogP contribution in [0.3, 0.4) is 0 Å². The van der Waals surface area contributed by atoms with Crippen LogP contribution in [0.5, 0.6) is 11.5 Å². The van der Waals surface area contributed by atoms with Crippen LogP contribution in [0.1, 0.15) is 30.3 Å². The Labute approximate surface area is 150 Å². The number of aromatic nitrogens is 2. The molecule has 8 heteroatoms. The molecule has 1 heterocycles. The van der Waals surface area contributed by atoms with Crippen molar-refractivity contribution >= 4 is 11.9 Å². The molecule has 1 fully saturated rings. The van der Waals surface area contributed by atoms with Gasteiger partial charge in [0.1, 0.15) is 11.7 Å². The number of hydrogen-bond acceptors (Lipinski definition) is 5. The second kappa shape index (κ2) is 7.07. The van der Waals surface area contributed by atoms with Crippen molar-refractivity contribution in [1.29, 1.82) is 0 Å². The summed E-state index contributed by atoms with van der Waals surface area (Å²) < 4.78 is 10.5. The van der Waals surface area contributed by atoms with E-state index in [2.05, 4.69) is 10.2 Å². The van der Waals surface area contributed by atoms with Crippen molar-refractivity contribution in [3.63, 3.8) is 0 Å². The van der Waals surface area contributed by atoms with E-state index in [0.717, 1.165) is 18.4 Å². The standard InChI is InChI=1S/C18H21N3O5/c1-10(18(23)24)21(12-5-6-12)17(22)14-9-13(19-20-14)11-4-7-15(25-2)16(8-11)26-3/h4,7-10,12H,5-6H2,1-3H3,(H,19,20)(H,23,24). The maximum absolute atomic E-state index is 12.8. The molecule has 0 aliphatic heterocycles. The summed E-state index contributed by atoms with van der Waals surface area (Å²) in [4.78, 5) is 25.5. The Kier molecular flexibility index (Phi) is 4.83. The van der Waals surface area contributed by atoms with Crippen molar-refractivity contribution < 1.29 is 24.2 Å². The maximum Gasteiger partial charge on any atom is 0.326 e. The Morgan fingerprint density at radius 2 is 1.92 bits per heavy atom. The van der Waals surface area contributed by atoms with E-state index >= 15 is 0 Å². The van der Waals surface area contributed by atoms with Crippen LogP contribution in [0.2, 0.25) is 0 Å². The van der Waals surface area contributed by atoms with Gasteiger partial charge >= 0.3 is 5.97 Å². The summed E-state index contributed by atoms with van der Waals surface area (Å²) in [5, 5.41) is 16.2. The molecule has 138 valence electrons. The quantitative estimate of drug-likeness (QED) is 0.785. The topological polar surface area (TPSA) is 105 Å². The number of carbonyl (C=O) groups is 2. The van der Waals surface area contributed by atoms with Gasteiger partial charge in [0.05, 0.1) is 19.9 Å². The molecule has 0 saturated heterocycles. The smallest absolute Gasteiger partial charge is 0.326 e. The number of amides is 1. The minimum atomic E-state index is -1.02. The first kappa shape index (κ1) is 17.8. The molecule has 1 atom stereocenters. The number of nitrogens with one attached hydrogen (secondary N) is 1. The fourth-order valence-corrected chi connectivity index (χ4v) is 2.84. The molecule has 26 heavy (non-hydrogen) atoms. The first-order chi connectivity index (χ1) is 12.5. The van der Waals surface area contributed by atoms with Gasteiger partial charge < -0.3 is 19.5 Å². The molecule has 0 radical (unpaired) electrons. The van der Waals surface area contributed by atoms with E-state index in [9.17, 15) is 14.7 Å². The third kappa shape index (κ3) is 3.35. The lowest BCUT2D eigenvalue weighted by atomic mass is 10.1. The molecule has 1 saturated carbocycles. The zero-order valence-corrected chi connectivity index (χ0v) is 14.9. The molecule has 1 unspecified atom stereocenters. The third-order valence-electron chi connectivity index (χ3n) is 4.44. The van der Waals surface area contributed by atoms with Crippen LogP contribution in [-0.2, 0) is 4.79 Å². The number of methoxy groups -OCH3 is 2. The van der Waals surface area contributed by atoms with Crippen molar-refractivity contribution in [1.82, 2.24) is 15.1 Å². The van der Waals surface area contributed by atoms with Gasteiger partial charge in [-0.25, -0.2) is 4.79 Å². The van der Waals surface area contributed by atoms with E-state index in [1.807, 2.05) is 6.07 Å². The van der Waals surface area contributed by atoms with Crippen LogP contribution in [0.15, 0.2) is 24.3 Å². The van der Waals surface area contributed by atoms with Crippen LogP contribution in [0, 0.1) is 0 Å². The molecule has 1 aliphatic carbocycles. The number of rotatable bonds is 7. The number of carboxylic acids is 1. The molecule has 1 aromatic carbocycles. The summed E-state index contributed by atoms with van der Waals surface area (Å²) in [6.07, 6.45) is 1.64. The molecular formula is C18H21N3O5. The summed E-state index contributed by atoms with van der Waals surface area (Å²) in [7, 11) is 3.10. The molecule has 1 amide bonds. The van der Waals surface area contributed by atoms with Crippen LogP contribution in [0.4, 0.5) is 0 Å². The van der Waals surface area contributed by atoms with Gasteiger partial charge in [-0.15, -0.1) is 0 Å². The number of ether oxygens (including phenoxy) is 2. The summed E-state index contributed by atoms with van der Waals surface area (Å²) >= 11 is 0. The zero-order valence-electron chi connectivity index (χ0n) is 14.9. The minimum absolute atomic E-state index is 0.0265. The van der Waals surface area contributed by atoms with Crippen molar-refractivity contribution in [2.45, 2.75) is 31.8 Å². The van der Waals surface area contributed by atoms with Crippen molar-refractivity contribution in [3.05, 3.63) is 30.0 Å². The van der Waals surface area contributed by atoms with Gasteiger partial charge in [-0.05, 0) is 44.0 Å². The highest BCUT2D eigenvalue weighted by Gasteiger charge is 2.39. The fraction of sp³-hybridized carbons (Fsp3) is 0.389. The molecule has 0 spiro atoms. The minimum Gasteiger partial charge on any atom is -0.493 e. The highest BCUT2D eigenvalue weighted by molar-refractivity contribution is 5.96. The van der Waals surface area contributed by atoms with Gasteiger partial charge in [-0.1, -0.05) is 0 Å². The second-order valence-corrected chi connectivity index (χ2v) is 6.19. The number of carboxylic acid groups (broad SMARTS) is 1. The Bertz CT molecular complexity index is 828. The first-order valence-corrected chi connectivity index (χ1v) is 8.29. The van der Waals surface area contributed by atoms with Crippen LogP contribution >= 0.6 is 0 Å². The number of benzene rings is 1. The molecular weight excluding hydrogens is 338 g/mol. The van der Waals surface area contributed by atoms with Gasteiger partial charge in [0, 0.05) is 11.6 Å². The molecule has 8 nitrogen and oxygen atoms in total. The molecule has 2 aromatic rings. The predicted octanol–water partition coefficient (Wildman–Crippen LogP) is 2.17. The Morgan fingerprint density at radius 3 is 2.50 bits per heavy atom. The Hall–Kier alpha value is -3.03. The number of hydrogen-bond donors (Lipinski definition) is 2. The zero-order chi connectivity index (χ0) is 18.8. The number of aliphatic carboxylic acids is 1. The van der Waals surface area contributed by atoms with Crippen molar-refractivity contribution in [2.24, 2.45) is 0 Å². The number of aromatic amines is 1. The normalized spacial score (nSPS) is 14.6. The summed E-state index contributed by atoms with van der Waals surface area (Å²) in [5.74, 6) is -0.232. The molecule has 2 N–H and O–H groups in total. The van der Waals surface area contributed by atoms with Gasteiger partial charge in [0.15, 0.2) is 11.5 Å². The molecule has 1 aromatic heterocycles. The largest absolute Gasteiger partial charge is 0.493 e. The Balaban J connectivity index is 1.87. The average Bonchev–Trinajstić information content (AvgIpc) is 3.35. The van der Waals surface area contributed by atoms with E-state index in [0.29, 0.717) is 17.2 Å². The predicted molar refractivity (Wildman–Crippen MR) is 93.4 cm³/mol. The Morgan fingerprint density at radius 1 is 1.23 bits per heavy atom. The fourth-order valence-electron chi connectivity index (χ4n) is 2.84. The van der Waals surface area contributed by atoms with Crippen molar-refractivity contribution in [3.8, 4) is 22.8 Å². The van der Waals surface area contributed by atoms with Crippen molar-refractivity contribution in [2.75, 3.05) is 14.2 Å². The van der Waals surface area contributed by atoms with E-state index in [-0.39, 0.29) is 17.6 Å². The number of carbonyl (C=O) groups excluding carboxylic acids is 1. The SMILES string of the molecule is COc1ccc(-c2cc(C(=O)N(C3CC3)C(C)C(=O)O)[nH]n2)cc1OC. The highest BCUT2D eigenvalue weighted by atomic mass is 16.5. The number of H-pyrrole nitrogens is 1.